The number of halogens is 1. The molecule has 0 saturated carbocycles. The quantitative estimate of drug-likeness (QED) is 0.0576. The molecule has 0 spiro atoms. The SMILES string of the molecule is COc1cc2cc(c1Cl)N(C)C(=O)CC(OC(=O)C(C)N(C)C(=O)CNC(=O)CNC(O)CNC(=O)OCC1c3ccccc3-c3ccccc31)C1(C)OC1C(C)C1CC(O)(NC(=O)O1)C(OC)/C=C/C=C(\C)C2. The zero-order valence-electron chi connectivity index (χ0n) is 42.6. The van der Waals surface area contributed by atoms with Gasteiger partial charge in [0.2, 0.25) is 17.7 Å². The highest BCUT2D eigenvalue weighted by atomic mass is 35.5. The summed E-state index contributed by atoms with van der Waals surface area (Å²) in [6.07, 6.45) is -1.91. The van der Waals surface area contributed by atoms with Gasteiger partial charge in [0.05, 0.1) is 45.0 Å². The number of fused-ring (bicyclic) bond motifs is 8. The lowest BCUT2D eigenvalue weighted by Crippen LogP contribution is -2.63. The topological polar surface area (TPSA) is 256 Å². The standard InChI is InChI=1S/C53H65ClN6O14/c1-29-14-13-19-41(70-8)53(68)24-40(72-51(67)58-53)30(2)48-52(4,74-48)42(23-45(63)60(6)38-21-32(20-29)22-39(69-7)47(38)54)73-49(65)31(3)59(5)46(64)27-56-43(61)25-55-44(62)26-57-50(66)71-28-37-35-17-11-9-15-33(35)34-16-10-12-18-36(34)37/h9-19,21-22,30-31,37,40-42,44,48,55,62,68H,20,23-28H2,1-8H3,(H,56,61)(H,57,66)(H,58,67)/b19-13+,29-14+. The smallest absolute Gasteiger partial charge is 0.409 e. The van der Waals surface area contributed by atoms with Crippen molar-refractivity contribution in [3.63, 3.8) is 0 Å². The van der Waals surface area contributed by atoms with Crippen LogP contribution < -0.4 is 30.9 Å². The fraction of sp³-hybridized carbons (Fsp3) is 0.472. The summed E-state index contributed by atoms with van der Waals surface area (Å²) in [6, 6.07) is 18.1. The van der Waals surface area contributed by atoms with Gasteiger partial charge >= 0.3 is 18.2 Å². The minimum Gasteiger partial charge on any atom is -0.495 e. The molecule has 21 heteroatoms. The van der Waals surface area contributed by atoms with Crippen LogP contribution in [0.4, 0.5) is 15.3 Å². The molecule has 0 radical (unpaired) electrons. The number of esters is 1. The summed E-state index contributed by atoms with van der Waals surface area (Å²) in [4.78, 5) is 82.5. The average Bonchev–Trinajstić information content (AvgIpc) is 3.98. The molecule has 9 unspecified atom stereocenters. The van der Waals surface area contributed by atoms with E-state index in [0.29, 0.717) is 17.9 Å². The molecule has 74 heavy (non-hydrogen) atoms. The van der Waals surface area contributed by atoms with Crippen molar-refractivity contribution in [2.45, 2.75) is 101 Å². The van der Waals surface area contributed by atoms with Crippen LogP contribution in [0.3, 0.4) is 0 Å². The number of aliphatic hydroxyl groups excluding tert-OH is 1. The van der Waals surface area contributed by atoms with Crippen molar-refractivity contribution < 1.29 is 67.4 Å². The number of methoxy groups -OCH3 is 2. The number of nitrogens with zero attached hydrogens (tertiary/aromatic N) is 2. The summed E-state index contributed by atoms with van der Waals surface area (Å²) < 4.78 is 34.8. The maximum absolute atomic E-state index is 14.3. The number of hydrogen-bond donors (Lipinski definition) is 6. The summed E-state index contributed by atoms with van der Waals surface area (Å²) >= 11 is 6.80. The molecule has 2 saturated heterocycles. The Bertz CT molecular complexity index is 2640. The number of aliphatic hydroxyl groups is 2. The molecule has 7 rings (SSSR count). The number of amides is 5. The molecular weight excluding hydrogens is 980 g/mol. The molecule has 4 bridgehead atoms. The van der Waals surface area contributed by atoms with Gasteiger partial charge in [-0.15, -0.1) is 0 Å². The number of nitrogens with one attached hydrogen (secondary N) is 4. The molecule has 3 aliphatic heterocycles. The van der Waals surface area contributed by atoms with Gasteiger partial charge in [0, 0.05) is 39.5 Å². The van der Waals surface area contributed by atoms with Crippen LogP contribution in [0.25, 0.3) is 11.1 Å². The van der Waals surface area contributed by atoms with Gasteiger partial charge in [-0.3, -0.25) is 25.0 Å². The first kappa shape index (κ1) is 55.2. The van der Waals surface area contributed by atoms with Gasteiger partial charge in [0.25, 0.3) is 0 Å². The van der Waals surface area contributed by atoms with E-state index < -0.39 is 109 Å². The molecule has 9 atom stereocenters. The van der Waals surface area contributed by atoms with Gasteiger partial charge in [-0.25, -0.2) is 14.4 Å². The van der Waals surface area contributed by atoms with Crippen LogP contribution >= 0.6 is 11.6 Å². The molecule has 5 amide bonds. The number of likely N-dealkylation sites (N-methyl/N-ethyl adjacent to an activating group) is 1. The summed E-state index contributed by atoms with van der Waals surface area (Å²) in [5.74, 6) is -3.21. The molecule has 4 aliphatic rings. The number of alkyl carbamates (subject to hydrolysis) is 2. The van der Waals surface area contributed by atoms with Crippen LogP contribution in [0, 0.1) is 5.92 Å². The van der Waals surface area contributed by atoms with E-state index in [2.05, 4.69) is 21.3 Å². The first-order valence-corrected chi connectivity index (χ1v) is 24.7. The molecular formula is C53H65ClN6O14. The molecule has 20 nitrogen and oxygen atoms in total. The molecule has 3 aromatic carbocycles. The van der Waals surface area contributed by atoms with Crippen LogP contribution in [0.15, 0.2) is 84.5 Å². The van der Waals surface area contributed by atoms with Crippen molar-refractivity contribution in [3.05, 3.63) is 106 Å². The molecule has 3 aromatic rings. The lowest BCUT2D eigenvalue weighted by molar-refractivity contribution is -0.161. The van der Waals surface area contributed by atoms with Crippen LogP contribution in [-0.4, -0.2) is 154 Å². The maximum atomic E-state index is 14.3. The Labute approximate surface area is 434 Å². The highest BCUT2D eigenvalue weighted by Gasteiger charge is 2.64. The van der Waals surface area contributed by atoms with Crippen LogP contribution in [0.1, 0.15) is 63.1 Å². The second-order valence-corrected chi connectivity index (χ2v) is 19.7. The number of carbonyl (C=O) groups excluding carboxylic acids is 6. The Morgan fingerprint density at radius 1 is 1.03 bits per heavy atom. The predicted octanol–water partition coefficient (Wildman–Crippen LogP) is 4.08. The van der Waals surface area contributed by atoms with Crippen molar-refractivity contribution >= 4 is 53.2 Å². The fourth-order valence-electron chi connectivity index (χ4n) is 9.69. The third kappa shape index (κ3) is 12.3. The third-order valence-electron chi connectivity index (χ3n) is 14.2. The molecule has 6 N–H and O–H groups in total. The Morgan fingerprint density at radius 2 is 1.70 bits per heavy atom. The highest BCUT2D eigenvalue weighted by Crippen LogP contribution is 2.49. The Kier molecular flexibility index (Phi) is 17.4. The van der Waals surface area contributed by atoms with Gasteiger partial charge < -0.3 is 59.1 Å². The van der Waals surface area contributed by atoms with E-state index in [4.69, 9.17) is 40.0 Å². The first-order valence-electron chi connectivity index (χ1n) is 24.3. The lowest BCUT2D eigenvalue weighted by Gasteiger charge is -2.42. The van der Waals surface area contributed by atoms with Gasteiger partial charge in [-0.05, 0) is 67.1 Å². The Morgan fingerprint density at radius 3 is 2.36 bits per heavy atom. The van der Waals surface area contributed by atoms with Gasteiger partial charge in [-0.2, -0.15) is 0 Å². The van der Waals surface area contributed by atoms with Crippen LogP contribution in [0.2, 0.25) is 5.02 Å². The Balaban J connectivity index is 0.961. The van der Waals surface area contributed by atoms with Crippen LogP contribution in [0.5, 0.6) is 5.75 Å². The van der Waals surface area contributed by atoms with Crippen molar-refractivity contribution in [3.8, 4) is 16.9 Å². The van der Waals surface area contributed by atoms with E-state index in [1.54, 1.807) is 38.1 Å². The van der Waals surface area contributed by atoms with Crippen molar-refractivity contribution in [2.75, 3.05) is 59.5 Å². The van der Waals surface area contributed by atoms with Gasteiger partial charge in [0.15, 0.2) is 5.72 Å². The second kappa shape index (κ2) is 23.3. The first-order chi connectivity index (χ1) is 35.2. The summed E-state index contributed by atoms with van der Waals surface area (Å²) in [5, 5.41) is 32.4. The number of hydrogen-bond acceptors (Lipinski definition) is 15. The zero-order chi connectivity index (χ0) is 53.6. The van der Waals surface area contributed by atoms with Crippen molar-refractivity contribution in [1.82, 2.24) is 26.2 Å². The number of benzene rings is 3. The number of allylic oxidation sites excluding steroid dienone is 3. The van der Waals surface area contributed by atoms with Gasteiger partial charge in [0.1, 0.15) is 53.6 Å². The minimum absolute atomic E-state index is 0.0789. The maximum Gasteiger partial charge on any atom is 0.409 e. The average molecular weight is 1050 g/mol. The number of carbonyl (C=O) groups is 6. The molecule has 1 aliphatic carbocycles. The number of ether oxygens (including phenoxy) is 6. The molecule has 0 aromatic heterocycles. The Hall–Kier alpha value is -6.55. The fourth-order valence-corrected chi connectivity index (χ4v) is 10.0. The summed E-state index contributed by atoms with van der Waals surface area (Å²) in [7, 11) is 5.73. The van der Waals surface area contributed by atoms with Gasteiger partial charge in [-0.1, -0.05) is 90.9 Å². The van der Waals surface area contributed by atoms with E-state index in [1.165, 1.54) is 40.1 Å². The monoisotopic (exact) mass is 1040 g/mol. The third-order valence-corrected chi connectivity index (χ3v) is 14.6. The van der Waals surface area contributed by atoms with Crippen LogP contribution in [-0.2, 0) is 49.3 Å². The summed E-state index contributed by atoms with van der Waals surface area (Å²) in [6.45, 7) is 5.55. The normalized spacial score (nSPS) is 26.5. The zero-order valence-corrected chi connectivity index (χ0v) is 43.4. The summed E-state index contributed by atoms with van der Waals surface area (Å²) in [5.41, 5.74) is 3.00. The van der Waals surface area contributed by atoms with E-state index >= 15 is 0 Å². The number of rotatable bonds is 14. The predicted molar refractivity (Wildman–Crippen MR) is 271 cm³/mol. The minimum atomic E-state index is -1.89. The largest absolute Gasteiger partial charge is 0.495 e. The van der Waals surface area contributed by atoms with Crippen molar-refractivity contribution in [1.29, 1.82) is 0 Å². The van der Waals surface area contributed by atoms with E-state index in [-0.39, 0.29) is 30.5 Å². The highest BCUT2D eigenvalue weighted by molar-refractivity contribution is 6.35. The molecule has 3 heterocycles. The lowest BCUT2D eigenvalue weighted by atomic mass is 9.83. The van der Waals surface area contributed by atoms with Crippen molar-refractivity contribution in [2.24, 2.45) is 5.92 Å². The van der Waals surface area contributed by atoms with E-state index in [1.807, 2.05) is 61.5 Å². The second-order valence-electron chi connectivity index (χ2n) is 19.3. The molecule has 398 valence electrons. The van der Waals surface area contributed by atoms with E-state index in [9.17, 15) is 39.0 Å². The number of anilines is 1. The van der Waals surface area contributed by atoms with E-state index in [0.717, 1.165) is 38.3 Å². The molecule has 2 fully saturated rings. The number of epoxide rings is 1.